The monoisotopic (exact) mass is 330 g/mol. The Morgan fingerprint density at radius 2 is 2.12 bits per heavy atom. The number of benzene rings is 1. The summed E-state index contributed by atoms with van der Waals surface area (Å²) in [5.74, 6) is 2.38. The van der Waals surface area contributed by atoms with E-state index in [2.05, 4.69) is 15.9 Å². The maximum atomic E-state index is 13.3. The first-order valence-corrected chi connectivity index (χ1v) is 8.59. The number of ether oxygens (including phenoxy) is 1. The van der Waals surface area contributed by atoms with Gasteiger partial charge in [0.2, 0.25) is 0 Å². The van der Waals surface area contributed by atoms with Crippen LogP contribution in [0.1, 0.15) is 17.9 Å². The normalized spacial score (nSPS) is 24.9. The molecule has 2 aliphatic heterocycles. The molecule has 0 amide bonds. The van der Waals surface area contributed by atoms with Crippen LogP contribution in [-0.4, -0.2) is 48.1 Å². The molecule has 0 radical (unpaired) electrons. The van der Waals surface area contributed by atoms with Crippen molar-refractivity contribution >= 4 is 0 Å². The lowest BCUT2D eigenvalue weighted by molar-refractivity contribution is 0.0925. The van der Waals surface area contributed by atoms with Gasteiger partial charge in [0.05, 0.1) is 6.54 Å². The van der Waals surface area contributed by atoms with Crippen molar-refractivity contribution < 1.29 is 13.5 Å². The molecule has 1 aromatic carbocycles. The Kier molecular flexibility index (Phi) is 4.29. The number of aryl methyl sites for hydroxylation is 1. The first-order valence-electron chi connectivity index (χ1n) is 8.59. The average molecular weight is 330 g/mol. The van der Waals surface area contributed by atoms with Crippen LogP contribution in [0.2, 0.25) is 0 Å². The average Bonchev–Trinajstić information content (AvgIpc) is 3.12. The molecule has 0 aliphatic carbocycles. The smallest absolute Gasteiger partial charge is 0.126 e. The lowest BCUT2D eigenvalue weighted by atomic mass is 10.1. The van der Waals surface area contributed by atoms with Crippen LogP contribution in [-0.2, 0) is 6.54 Å². The molecule has 0 saturated carbocycles. The van der Waals surface area contributed by atoms with Gasteiger partial charge in [0.15, 0.2) is 0 Å². The number of furan rings is 1. The Morgan fingerprint density at radius 1 is 1.21 bits per heavy atom. The second kappa shape index (κ2) is 6.57. The lowest BCUT2D eigenvalue weighted by Crippen LogP contribution is -2.49. The highest BCUT2D eigenvalue weighted by Gasteiger charge is 2.37. The highest BCUT2D eigenvalue weighted by atomic mass is 19.1. The Morgan fingerprint density at radius 3 is 2.92 bits per heavy atom. The molecule has 24 heavy (non-hydrogen) atoms. The van der Waals surface area contributed by atoms with Crippen LogP contribution >= 0.6 is 0 Å². The Labute approximate surface area is 141 Å². The fourth-order valence-corrected chi connectivity index (χ4v) is 3.81. The molecule has 0 unspecified atom stereocenters. The summed E-state index contributed by atoms with van der Waals surface area (Å²) in [7, 11) is 0. The number of rotatable bonds is 4. The summed E-state index contributed by atoms with van der Waals surface area (Å²) in [5.41, 5.74) is 0. The topological polar surface area (TPSA) is 28.9 Å². The minimum absolute atomic E-state index is 0.141. The van der Waals surface area contributed by atoms with Gasteiger partial charge in [-0.1, -0.05) is 6.07 Å². The number of halogens is 1. The summed E-state index contributed by atoms with van der Waals surface area (Å²) >= 11 is 0. The summed E-state index contributed by atoms with van der Waals surface area (Å²) in [6, 6.07) is 11.0. The van der Waals surface area contributed by atoms with Crippen LogP contribution in [0.3, 0.4) is 0 Å². The third kappa shape index (κ3) is 3.47. The van der Waals surface area contributed by atoms with Crippen LogP contribution in [0.5, 0.6) is 5.75 Å². The molecule has 5 heteroatoms. The summed E-state index contributed by atoms with van der Waals surface area (Å²) in [6.45, 7) is 6.90. The quantitative estimate of drug-likeness (QED) is 0.861. The molecule has 0 bridgehead atoms. The fraction of sp³-hybridized carbons (Fsp3) is 0.474. The van der Waals surface area contributed by atoms with Crippen molar-refractivity contribution in [1.82, 2.24) is 9.80 Å². The van der Waals surface area contributed by atoms with Gasteiger partial charge < -0.3 is 9.15 Å². The van der Waals surface area contributed by atoms with E-state index in [1.807, 2.05) is 19.1 Å². The predicted molar refractivity (Wildman–Crippen MR) is 89.5 cm³/mol. The SMILES string of the molecule is Cc1ccc(CN2CCN3C[C@H](Oc4cccc(F)c4)C[C@H]3C2)o1. The van der Waals surface area contributed by atoms with E-state index in [9.17, 15) is 4.39 Å². The largest absolute Gasteiger partial charge is 0.489 e. The van der Waals surface area contributed by atoms with E-state index in [4.69, 9.17) is 9.15 Å². The maximum Gasteiger partial charge on any atom is 0.126 e. The molecule has 2 saturated heterocycles. The van der Waals surface area contributed by atoms with E-state index in [1.165, 1.54) is 12.1 Å². The van der Waals surface area contributed by atoms with Gasteiger partial charge in [-0.15, -0.1) is 0 Å². The third-order valence-electron chi connectivity index (χ3n) is 4.94. The van der Waals surface area contributed by atoms with E-state index in [-0.39, 0.29) is 11.9 Å². The highest BCUT2D eigenvalue weighted by molar-refractivity contribution is 5.23. The number of fused-ring (bicyclic) bond motifs is 1. The first-order chi connectivity index (χ1) is 11.7. The molecule has 4 rings (SSSR count). The summed E-state index contributed by atoms with van der Waals surface area (Å²) in [6.07, 6.45) is 1.13. The van der Waals surface area contributed by atoms with E-state index in [0.29, 0.717) is 11.8 Å². The third-order valence-corrected chi connectivity index (χ3v) is 4.94. The van der Waals surface area contributed by atoms with Gasteiger partial charge in [0.1, 0.15) is 29.2 Å². The molecular weight excluding hydrogens is 307 g/mol. The van der Waals surface area contributed by atoms with Crippen molar-refractivity contribution in [3.8, 4) is 5.75 Å². The summed E-state index contributed by atoms with van der Waals surface area (Å²) in [4.78, 5) is 4.94. The molecule has 0 spiro atoms. The van der Waals surface area contributed by atoms with E-state index in [0.717, 1.165) is 50.7 Å². The minimum Gasteiger partial charge on any atom is -0.489 e. The van der Waals surface area contributed by atoms with Crippen molar-refractivity contribution in [1.29, 1.82) is 0 Å². The minimum atomic E-state index is -0.247. The van der Waals surface area contributed by atoms with Crippen LogP contribution in [0.25, 0.3) is 0 Å². The molecule has 2 atom stereocenters. The van der Waals surface area contributed by atoms with Crippen molar-refractivity contribution in [3.05, 3.63) is 53.7 Å². The fourth-order valence-electron chi connectivity index (χ4n) is 3.81. The van der Waals surface area contributed by atoms with E-state index in [1.54, 1.807) is 6.07 Å². The van der Waals surface area contributed by atoms with Crippen LogP contribution in [0.15, 0.2) is 40.8 Å². The van der Waals surface area contributed by atoms with Gasteiger partial charge in [-0.2, -0.15) is 0 Å². The van der Waals surface area contributed by atoms with Gasteiger partial charge in [-0.3, -0.25) is 9.80 Å². The molecule has 128 valence electrons. The summed E-state index contributed by atoms with van der Waals surface area (Å²) in [5, 5.41) is 0. The zero-order valence-corrected chi connectivity index (χ0v) is 14.0. The van der Waals surface area contributed by atoms with Gasteiger partial charge >= 0.3 is 0 Å². The second-order valence-corrected chi connectivity index (χ2v) is 6.83. The molecular formula is C19H23FN2O2. The number of hydrogen-bond donors (Lipinski definition) is 0. The zero-order valence-electron chi connectivity index (χ0n) is 14.0. The van der Waals surface area contributed by atoms with Gasteiger partial charge in [0.25, 0.3) is 0 Å². The Hall–Kier alpha value is -1.85. The number of piperazine rings is 1. The summed E-state index contributed by atoms with van der Waals surface area (Å²) < 4.78 is 25.0. The molecule has 2 aliphatic rings. The molecule has 4 nitrogen and oxygen atoms in total. The van der Waals surface area contributed by atoms with Crippen LogP contribution in [0, 0.1) is 12.7 Å². The molecule has 2 aromatic rings. The van der Waals surface area contributed by atoms with Gasteiger partial charge in [0, 0.05) is 44.7 Å². The standard InChI is InChI=1S/C19H23FN2O2/c1-14-5-6-18(23-14)12-21-7-8-22-13-19(10-16(22)11-21)24-17-4-2-3-15(20)9-17/h2-6,9,16,19H,7-8,10-13H2,1H3/t16-,19+/m0/s1. The van der Waals surface area contributed by atoms with E-state index < -0.39 is 0 Å². The van der Waals surface area contributed by atoms with Gasteiger partial charge in [-0.05, 0) is 31.2 Å². The zero-order chi connectivity index (χ0) is 16.5. The predicted octanol–water partition coefficient (Wildman–Crippen LogP) is 3.06. The molecule has 3 heterocycles. The number of nitrogens with zero attached hydrogens (tertiary/aromatic N) is 2. The second-order valence-electron chi connectivity index (χ2n) is 6.83. The van der Waals surface area contributed by atoms with Crippen LogP contribution in [0.4, 0.5) is 4.39 Å². The van der Waals surface area contributed by atoms with E-state index >= 15 is 0 Å². The van der Waals surface area contributed by atoms with Crippen molar-refractivity contribution in [2.75, 3.05) is 26.2 Å². The van der Waals surface area contributed by atoms with Crippen molar-refractivity contribution in [2.45, 2.75) is 32.0 Å². The number of hydrogen-bond acceptors (Lipinski definition) is 4. The Balaban J connectivity index is 1.33. The first kappa shape index (κ1) is 15.7. The molecule has 2 fully saturated rings. The maximum absolute atomic E-state index is 13.3. The van der Waals surface area contributed by atoms with Crippen LogP contribution < -0.4 is 4.74 Å². The molecule has 0 N–H and O–H groups in total. The molecule has 1 aromatic heterocycles. The highest BCUT2D eigenvalue weighted by Crippen LogP contribution is 2.27. The van der Waals surface area contributed by atoms with Crippen molar-refractivity contribution in [2.24, 2.45) is 0 Å². The Bertz CT molecular complexity index is 702. The lowest BCUT2D eigenvalue weighted by Gasteiger charge is -2.36. The van der Waals surface area contributed by atoms with Crippen molar-refractivity contribution in [3.63, 3.8) is 0 Å². The van der Waals surface area contributed by atoms with Gasteiger partial charge in [-0.25, -0.2) is 4.39 Å².